The molecule has 6 nitrogen and oxygen atoms in total. The van der Waals surface area contributed by atoms with Crippen molar-refractivity contribution in [2.24, 2.45) is 0 Å². The minimum atomic E-state index is -4.80. The van der Waals surface area contributed by atoms with Crippen LogP contribution >= 0.6 is 0 Å². The molecule has 32 heavy (non-hydrogen) atoms. The summed E-state index contributed by atoms with van der Waals surface area (Å²) in [6, 6.07) is 10.9. The summed E-state index contributed by atoms with van der Waals surface area (Å²) >= 11 is 0. The van der Waals surface area contributed by atoms with E-state index in [1.54, 1.807) is 24.3 Å². The van der Waals surface area contributed by atoms with E-state index in [1.165, 1.54) is 34.9 Å². The number of anilines is 1. The van der Waals surface area contributed by atoms with Gasteiger partial charge in [0.15, 0.2) is 5.65 Å². The van der Waals surface area contributed by atoms with Crippen molar-refractivity contribution in [1.82, 2.24) is 14.4 Å². The number of imidazole rings is 1. The Hall–Kier alpha value is -4.26. The molecule has 2 heterocycles. The first kappa shape index (κ1) is 21.0. The van der Waals surface area contributed by atoms with Gasteiger partial charge in [0.1, 0.15) is 11.5 Å². The Labute approximate surface area is 179 Å². The van der Waals surface area contributed by atoms with E-state index in [0.29, 0.717) is 28.7 Å². The molecule has 4 rings (SSSR count). The molecule has 0 saturated heterocycles. The SMILES string of the molecule is CN(C(=O)c1cn2c(-c3ccc(C(F)(F)F)c(F)c3)cnc2cn1)c1ccc(C#N)cc1. The van der Waals surface area contributed by atoms with Crippen LogP contribution in [0.4, 0.5) is 23.2 Å². The second kappa shape index (κ2) is 7.77. The van der Waals surface area contributed by atoms with Crippen molar-refractivity contribution in [3.8, 4) is 17.3 Å². The maximum Gasteiger partial charge on any atom is 0.419 e. The summed E-state index contributed by atoms with van der Waals surface area (Å²) in [5.41, 5.74) is 0.441. The van der Waals surface area contributed by atoms with E-state index >= 15 is 0 Å². The van der Waals surface area contributed by atoms with E-state index in [2.05, 4.69) is 9.97 Å². The molecule has 0 fully saturated rings. The Balaban J connectivity index is 1.70. The Bertz CT molecular complexity index is 1370. The van der Waals surface area contributed by atoms with Crippen LogP contribution in [0.1, 0.15) is 21.6 Å². The van der Waals surface area contributed by atoms with E-state index in [0.717, 1.165) is 12.1 Å². The molecule has 0 bridgehead atoms. The quantitative estimate of drug-likeness (QED) is 0.434. The number of nitriles is 1. The molecule has 0 aliphatic heterocycles. The van der Waals surface area contributed by atoms with Crippen LogP contribution in [0.5, 0.6) is 0 Å². The van der Waals surface area contributed by atoms with Gasteiger partial charge in [-0.05, 0) is 36.4 Å². The summed E-state index contributed by atoms with van der Waals surface area (Å²) in [6.07, 6.45) is -0.723. The standard InChI is InChI=1S/C22H13F4N5O/c1-30(15-5-2-13(9-27)3-6-15)21(32)18-12-31-19(10-29-20(31)11-28-18)14-4-7-16(17(23)8-14)22(24,25)26/h2-8,10-12H,1H3. The normalized spacial score (nSPS) is 11.4. The molecule has 0 atom stereocenters. The molecule has 0 aliphatic carbocycles. The topological polar surface area (TPSA) is 74.3 Å². The van der Waals surface area contributed by atoms with Gasteiger partial charge in [-0.2, -0.15) is 18.4 Å². The van der Waals surface area contributed by atoms with Gasteiger partial charge in [0.05, 0.1) is 35.3 Å². The summed E-state index contributed by atoms with van der Waals surface area (Å²) in [6.45, 7) is 0. The van der Waals surface area contributed by atoms with E-state index in [-0.39, 0.29) is 11.3 Å². The van der Waals surface area contributed by atoms with Crippen molar-refractivity contribution < 1.29 is 22.4 Å². The van der Waals surface area contributed by atoms with E-state index in [1.807, 2.05) is 6.07 Å². The van der Waals surface area contributed by atoms with Crippen molar-refractivity contribution >= 4 is 17.2 Å². The Morgan fingerprint density at radius 1 is 1.09 bits per heavy atom. The Morgan fingerprint density at radius 2 is 1.81 bits per heavy atom. The molecule has 0 aliphatic rings. The third-order valence-corrected chi connectivity index (χ3v) is 4.87. The Morgan fingerprint density at radius 3 is 2.44 bits per heavy atom. The highest BCUT2D eigenvalue weighted by atomic mass is 19.4. The van der Waals surface area contributed by atoms with Gasteiger partial charge in [-0.1, -0.05) is 6.07 Å². The van der Waals surface area contributed by atoms with Crippen LogP contribution in [0.3, 0.4) is 0 Å². The molecule has 0 saturated carbocycles. The average Bonchev–Trinajstić information content (AvgIpc) is 3.20. The molecule has 0 N–H and O–H groups in total. The number of alkyl halides is 3. The van der Waals surface area contributed by atoms with Crippen LogP contribution in [-0.4, -0.2) is 27.3 Å². The van der Waals surface area contributed by atoms with Crippen LogP contribution in [0.25, 0.3) is 16.9 Å². The summed E-state index contributed by atoms with van der Waals surface area (Å²) in [4.78, 5) is 22.5. The highest BCUT2D eigenvalue weighted by molar-refractivity contribution is 6.04. The fourth-order valence-electron chi connectivity index (χ4n) is 3.17. The number of amides is 1. The number of aromatic nitrogens is 3. The number of fused-ring (bicyclic) bond motifs is 1. The van der Waals surface area contributed by atoms with Crippen LogP contribution in [-0.2, 0) is 6.18 Å². The number of rotatable bonds is 3. The van der Waals surface area contributed by atoms with Gasteiger partial charge in [-0.15, -0.1) is 0 Å². The second-order valence-electron chi connectivity index (χ2n) is 6.86. The predicted octanol–water partition coefficient (Wildman–Crippen LogP) is 4.70. The van der Waals surface area contributed by atoms with E-state index < -0.39 is 23.5 Å². The molecule has 2 aromatic carbocycles. The zero-order chi connectivity index (χ0) is 23.0. The Kier molecular flexibility index (Phi) is 5.10. The average molecular weight is 439 g/mol. The van der Waals surface area contributed by atoms with Gasteiger partial charge < -0.3 is 4.90 Å². The monoisotopic (exact) mass is 439 g/mol. The predicted molar refractivity (Wildman–Crippen MR) is 107 cm³/mol. The van der Waals surface area contributed by atoms with E-state index in [9.17, 15) is 22.4 Å². The van der Waals surface area contributed by atoms with Crippen LogP contribution in [0.2, 0.25) is 0 Å². The fourth-order valence-corrected chi connectivity index (χ4v) is 3.17. The molecule has 0 radical (unpaired) electrons. The molecule has 2 aromatic heterocycles. The van der Waals surface area contributed by atoms with Gasteiger partial charge in [0.2, 0.25) is 0 Å². The van der Waals surface area contributed by atoms with Crippen molar-refractivity contribution in [2.75, 3.05) is 11.9 Å². The molecule has 0 spiro atoms. The van der Waals surface area contributed by atoms with Gasteiger partial charge in [-0.25, -0.2) is 14.4 Å². The summed E-state index contributed by atoms with van der Waals surface area (Å²) in [7, 11) is 1.54. The zero-order valence-corrected chi connectivity index (χ0v) is 16.4. The fraction of sp³-hybridized carbons (Fsp3) is 0.0909. The summed E-state index contributed by atoms with van der Waals surface area (Å²) < 4.78 is 54.1. The minimum absolute atomic E-state index is 0.0380. The number of halogens is 4. The highest BCUT2D eigenvalue weighted by Gasteiger charge is 2.34. The van der Waals surface area contributed by atoms with Gasteiger partial charge in [-0.3, -0.25) is 9.20 Å². The zero-order valence-electron chi connectivity index (χ0n) is 16.4. The summed E-state index contributed by atoms with van der Waals surface area (Å²) in [5, 5.41) is 8.90. The molecule has 4 aromatic rings. The van der Waals surface area contributed by atoms with Crippen LogP contribution < -0.4 is 4.90 Å². The number of nitrogens with zero attached hydrogens (tertiary/aromatic N) is 5. The first-order valence-electron chi connectivity index (χ1n) is 9.17. The van der Waals surface area contributed by atoms with E-state index in [4.69, 9.17) is 5.26 Å². The van der Waals surface area contributed by atoms with Gasteiger partial charge >= 0.3 is 6.18 Å². The number of carbonyl (C=O) groups excluding carboxylic acids is 1. The molecule has 10 heteroatoms. The van der Waals surface area contributed by atoms with Crippen molar-refractivity contribution in [3.63, 3.8) is 0 Å². The number of hydrogen-bond acceptors (Lipinski definition) is 4. The first-order valence-corrected chi connectivity index (χ1v) is 9.17. The van der Waals surface area contributed by atoms with Crippen LogP contribution in [0.15, 0.2) is 61.1 Å². The largest absolute Gasteiger partial charge is 0.419 e. The lowest BCUT2D eigenvalue weighted by Gasteiger charge is -2.17. The molecule has 160 valence electrons. The number of carbonyl (C=O) groups is 1. The van der Waals surface area contributed by atoms with Crippen LogP contribution in [0, 0.1) is 17.1 Å². The molecular weight excluding hydrogens is 426 g/mol. The summed E-state index contributed by atoms with van der Waals surface area (Å²) in [5.74, 6) is -1.87. The lowest BCUT2D eigenvalue weighted by Crippen LogP contribution is -2.27. The lowest BCUT2D eigenvalue weighted by molar-refractivity contribution is -0.139. The first-order chi connectivity index (χ1) is 15.2. The third kappa shape index (κ3) is 3.76. The lowest BCUT2D eigenvalue weighted by atomic mass is 10.1. The van der Waals surface area contributed by atoms with Crippen molar-refractivity contribution in [1.29, 1.82) is 5.26 Å². The van der Waals surface area contributed by atoms with Gasteiger partial charge in [0, 0.05) is 24.5 Å². The molecular formula is C22H13F4N5O. The molecule has 1 amide bonds. The van der Waals surface area contributed by atoms with Gasteiger partial charge in [0.25, 0.3) is 5.91 Å². The second-order valence-corrected chi connectivity index (χ2v) is 6.86. The molecule has 0 unspecified atom stereocenters. The van der Waals surface area contributed by atoms with Crippen molar-refractivity contribution in [3.05, 3.63) is 83.7 Å². The highest BCUT2D eigenvalue weighted by Crippen LogP contribution is 2.33. The number of benzene rings is 2. The maximum absolute atomic E-state index is 14.1. The third-order valence-electron chi connectivity index (χ3n) is 4.87. The minimum Gasteiger partial charge on any atom is -0.310 e. The van der Waals surface area contributed by atoms with Crippen molar-refractivity contribution in [2.45, 2.75) is 6.18 Å². The smallest absolute Gasteiger partial charge is 0.310 e. The maximum atomic E-state index is 14.1. The number of hydrogen-bond donors (Lipinski definition) is 0.